The first kappa shape index (κ1) is 12.7. The van der Waals surface area contributed by atoms with Gasteiger partial charge in [0, 0.05) is 18.8 Å². The Bertz CT molecular complexity index is 451. The lowest BCUT2D eigenvalue weighted by atomic mass is 10.1. The van der Waals surface area contributed by atoms with Crippen molar-refractivity contribution in [2.24, 2.45) is 5.73 Å². The molecule has 0 radical (unpaired) electrons. The maximum atomic E-state index is 5.46. The molecule has 3 N–H and O–H groups in total. The highest BCUT2D eigenvalue weighted by atomic mass is 14.9. The highest BCUT2D eigenvalue weighted by molar-refractivity contribution is 5.51. The third-order valence-electron chi connectivity index (χ3n) is 2.84. The summed E-state index contributed by atoms with van der Waals surface area (Å²) in [5.41, 5.74) is 7.22. The number of hydrogen-bond acceptors (Lipinski definition) is 4. The van der Waals surface area contributed by atoms with Crippen LogP contribution in [0.5, 0.6) is 0 Å². The highest BCUT2D eigenvalue weighted by Crippen LogP contribution is 2.13. The minimum atomic E-state index is 0.789. The van der Waals surface area contributed by atoms with Crippen LogP contribution < -0.4 is 5.73 Å². The molecule has 0 fully saturated rings. The second kappa shape index (κ2) is 6.86. The monoisotopic (exact) mass is 245 g/mol. The molecule has 2 rings (SSSR count). The Kier molecular flexibility index (Phi) is 4.84. The molecule has 0 saturated heterocycles. The Morgan fingerprint density at radius 2 is 1.89 bits per heavy atom. The summed E-state index contributed by atoms with van der Waals surface area (Å²) in [6.45, 7) is 0.789. The molecule has 96 valence electrons. The van der Waals surface area contributed by atoms with E-state index in [1.807, 2.05) is 6.20 Å². The van der Waals surface area contributed by atoms with E-state index in [0.717, 1.165) is 43.0 Å². The Labute approximate surface area is 107 Å². The molecule has 2 heterocycles. The van der Waals surface area contributed by atoms with Crippen molar-refractivity contribution in [1.29, 1.82) is 0 Å². The largest absolute Gasteiger partial charge is 0.341 e. The lowest BCUT2D eigenvalue weighted by molar-refractivity contribution is 0.638. The second-order valence-corrected chi connectivity index (χ2v) is 4.29. The molecule has 0 atom stereocenters. The number of imidazole rings is 1. The zero-order chi connectivity index (χ0) is 12.6. The number of nitrogens with zero attached hydrogens (tertiary/aromatic N) is 3. The Hall–Kier alpha value is -1.75. The van der Waals surface area contributed by atoms with Crippen molar-refractivity contribution in [3.05, 3.63) is 30.6 Å². The highest BCUT2D eigenvalue weighted by Gasteiger charge is 2.03. The summed E-state index contributed by atoms with van der Waals surface area (Å²) in [7, 11) is 0. The molecule has 0 saturated carbocycles. The molecule has 2 aromatic heterocycles. The molecule has 0 spiro atoms. The number of H-pyrrole nitrogens is 1. The van der Waals surface area contributed by atoms with Crippen LogP contribution in [-0.4, -0.2) is 26.5 Å². The van der Waals surface area contributed by atoms with Gasteiger partial charge in [0.25, 0.3) is 0 Å². The summed E-state index contributed by atoms with van der Waals surface area (Å²) >= 11 is 0. The van der Waals surface area contributed by atoms with Crippen molar-refractivity contribution in [1.82, 2.24) is 19.9 Å². The van der Waals surface area contributed by atoms with Gasteiger partial charge < -0.3 is 10.7 Å². The maximum Gasteiger partial charge on any atom is 0.106 e. The van der Waals surface area contributed by atoms with Gasteiger partial charge in [-0.05, 0) is 19.4 Å². The van der Waals surface area contributed by atoms with Gasteiger partial charge in [0.1, 0.15) is 11.5 Å². The van der Waals surface area contributed by atoms with Crippen LogP contribution in [0.25, 0.3) is 11.4 Å². The van der Waals surface area contributed by atoms with Gasteiger partial charge in [-0.2, -0.15) is 0 Å². The average molecular weight is 245 g/mol. The SMILES string of the molecule is NCCCCCCc1ncc(-c2cnccn2)[nH]1. The van der Waals surface area contributed by atoms with Crippen LogP contribution in [0.15, 0.2) is 24.8 Å². The maximum absolute atomic E-state index is 5.46. The normalized spacial score (nSPS) is 10.7. The molecule has 5 heteroatoms. The molecule has 18 heavy (non-hydrogen) atoms. The zero-order valence-electron chi connectivity index (χ0n) is 10.5. The van der Waals surface area contributed by atoms with Gasteiger partial charge in [-0.3, -0.25) is 9.97 Å². The molecule has 0 amide bonds. The minimum absolute atomic E-state index is 0.789. The van der Waals surface area contributed by atoms with Crippen molar-refractivity contribution < 1.29 is 0 Å². The van der Waals surface area contributed by atoms with Crippen LogP contribution in [-0.2, 0) is 6.42 Å². The van der Waals surface area contributed by atoms with Crippen molar-refractivity contribution in [2.45, 2.75) is 32.1 Å². The number of unbranched alkanes of at least 4 members (excludes halogenated alkanes) is 3. The predicted octanol–water partition coefficient (Wildman–Crippen LogP) is 1.93. The van der Waals surface area contributed by atoms with E-state index in [-0.39, 0.29) is 0 Å². The fourth-order valence-electron chi connectivity index (χ4n) is 1.85. The van der Waals surface area contributed by atoms with Crippen LogP contribution in [0.2, 0.25) is 0 Å². The summed E-state index contributed by atoms with van der Waals surface area (Å²) < 4.78 is 0. The van der Waals surface area contributed by atoms with Gasteiger partial charge in [0.15, 0.2) is 0 Å². The van der Waals surface area contributed by atoms with Crippen molar-refractivity contribution in [3.8, 4) is 11.4 Å². The Morgan fingerprint density at radius 3 is 2.67 bits per heavy atom. The molecule has 0 aliphatic heterocycles. The first-order chi connectivity index (χ1) is 8.90. The van der Waals surface area contributed by atoms with E-state index >= 15 is 0 Å². The third-order valence-corrected chi connectivity index (χ3v) is 2.84. The molecule has 2 aromatic rings. The summed E-state index contributed by atoms with van der Waals surface area (Å²) in [4.78, 5) is 15.9. The van der Waals surface area contributed by atoms with E-state index < -0.39 is 0 Å². The quantitative estimate of drug-likeness (QED) is 0.730. The van der Waals surface area contributed by atoms with E-state index in [1.54, 1.807) is 18.6 Å². The second-order valence-electron chi connectivity index (χ2n) is 4.29. The van der Waals surface area contributed by atoms with Crippen LogP contribution in [0.3, 0.4) is 0 Å². The lowest BCUT2D eigenvalue weighted by Crippen LogP contribution is -1.98. The molecule has 5 nitrogen and oxygen atoms in total. The molecule has 0 aromatic carbocycles. The van der Waals surface area contributed by atoms with E-state index in [4.69, 9.17) is 5.73 Å². The van der Waals surface area contributed by atoms with Crippen molar-refractivity contribution in [2.75, 3.05) is 6.54 Å². The van der Waals surface area contributed by atoms with Crippen LogP contribution in [0.1, 0.15) is 31.5 Å². The topological polar surface area (TPSA) is 80.5 Å². The van der Waals surface area contributed by atoms with Crippen molar-refractivity contribution in [3.63, 3.8) is 0 Å². The van der Waals surface area contributed by atoms with E-state index in [1.165, 1.54) is 12.8 Å². The van der Waals surface area contributed by atoms with E-state index in [9.17, 15) is 0 Å². The first-order valence-electron chi connectivity index (χ1n) is 6.40. The molecule has 0 unspecified atom stereocenters. The number of hydrogen-bond donors (Lipinski definition) is 2. The minimum Gasteiger partial charge on any atom is -0.341 e. The number of rotatable bonds is 7. The van der Waals surface area contributed by atoms with Gasteiger partial charge in [-0.15, -0.1) is 0 Å². The average Bonchev–Trinajstić information content (AvgIpc) is 2.88. The van der Waals surface area contributed by atoms with Crippen LogP contribution in [0.4, 0.5) is 0 Å². The molecule has 0 aliphatic carbocycles. The van der Waals surface area contributed by atoms with Gasteiger partial charge in [0.2, 0.25) is 0 Å². The fraction of sp³-hybridized carbons (Fsp3) is 0.462. The van der Waals surface area contributed by atoms with E-state index in [0.29, 0.717) is 0 Å². The third kappa shape index (κ3) is 3.63. The summed E-state index contributed by atoms with van der Waals surface area (Å²) in [5, 5.41) is 0. The summed E-state index contributed by atoms with van der Waals surface area (Å²) in [6.07, 6.45) is 12.5. The number of nitrogens with two attached hydrogens (primary N) is 1. The van der Waals surface area contributed by atoms with Gasteiger partial charge >= 0.3 is 0 Å². The number of aryl methyl sites for hydroxylation is 1. The van der Waals surface area contributed by atoms with E-state index in [2.05, 4.69) is 19.9 Å². The standard InChI is InChI=1S/C13H19N5/c14-6-4-2-1-3-5-13-17-10-12(18-13)11-9-15-7-8-16-11/h7-10H,1-6,14H2,(H,17,18). The predicted molar refractivity (Wildman–Crippen MR) is 70.8 cm³/mol. The zero-order valence-corrected chi connectivity index (χ0v) is 10.5. The number of aromatic nitrogens is 4. The van der Waals surface area contributed by atoms with Gasteiger partial charge in [0.05, 0.1) is 18.1 Å². The summed E-state index contributed by atoms with van der Waals surface area (Å²) in [5.74, 6) is 1.02. The van der Waals surface area contributed by atoms with Crippen molar-refractivity contribution >= 4 is 0 Å². The van der Waals surface area contributed by atoms with Crippen LogP contribution >= 0.6 is 0 Å². The fourth-order valence-corrected chi connectivity index (χ4v) is 1.85. The number of aromatic amines is 1. The molecule has 0 aliphatic rings. The lowest BCUT2D eigenvalue weighted by Gasteiger charge is -1.98. The first-order valence-corrected chi connectivity index (χ1v) is 6.40. The molecular formula is C13H19N5. The number of nitrogens with one attached hydrogen (secondary N) is 1. The summed E-state index contributed by atoms with van der Waals surface area (Å²) in [6, 6.07) is 0. The van der Waals surface area contributed by atoms with Gasteiger partial charge in [-0.1, -0.05) is 12.8 Å². The smallest absolute Gasteiger partial charge is 0.106 e. The Morgan fingerprint density at radius 1 is 1.00 bits per heavy atom. The molecular weight excluding hydrogens is 226 g/mol. The van der Waals surface area contributed by atoms with Crippen LogP contribution in [0, 0.1) is 0 Å². The Balaban J connectivity index is 1.83. The molecule has 0 bridgehead atoms. The van der Waals surface area contributed by atoms with Gasteiger partial charge in [-0.25, -0.2) is 4.98 Å².